The van der Waals surface area contributed by atoms with Crippen LogP contribution in [-0.4, -0.2) is 49.2 Å². The molecular formula is C22H29NO6. The molecule has 158 valence electrons. The van der Waals surface area contributed by atoms with E-state index in [1.807, 2.05) is 30.3 Å². The number of hydrogen-bond donors (Lipinski definition) is 3. The van der Waals surface area contributed by atoms with Gasteiger partial charge in [-0.25, -0.2) is 0 Å². The highest BCUT2D eigenvalue weighted by Gasteiger charge is 2.37. The minimum Gasteiger partial charge on any atom is -0.493 e. The molecule has 7 nitrogen and oxygen atoms in total. The summed E-state index contributed by atoms with van der Waals surface area (Å²) in [7, 11) is 4.47. The van der Waals surface area contributed by atoms with E-state index in [0.717, 1.165) is 5.56 Å². The average Bonchev–Trinajstić information content (AvgIpc) is 2.72. The van der Waals surface area contributed by atoms with Crippen molar-refractivity contribution in [3.05, 3.63) is 53.6 Å². The molecule has 0 aliphatic heterocycles. The van der Waals surface area contributed by atoms with Gasteiger partial charge in [0.15, 0.2) is 11.5 Å². The van der Waals surface area contributed by atoms with Gasteiger partial charge in [-0.2, -0.15) is 0 Å². The molecule has 2 unspecified atom stereocenters. The van der Waals surface area contributed by atoms with Gasteiger partial charge in [0.05, 0.1) is 27.4 Å². The summed E-state index contributed by atoms with van der Waals surface area (Å²) >= 11 is 0. The van der Waals surface area contributed by atoms with E-state index in [2.05, 4.69) is 0 Å². The number of ether oxygens (including phenoxy) is 3. The number of carboxylic acid groups (broad SMARTS) is 1. The standard InChI is InChI=1S/C22H29NO6/c1-27-18-11-16(12-19(28-2)20(18)29-3)13-22(23,21(25)26)14-17(24)10-9-15-7-5-4-6-8-15/h4-8,11-12,17,24H,9-10,13-14,23H2,1-3H3,(H,25,26). The summed E-state index contributed by atoms with van der Waals surface area (Å²) in [5.41, 5.74) is 6.27. The van der Waals surface area contributed by atoms with Crippen molar-refractivity contribution in [2.24, 2.45) is 5.73 Å². The normalized spacial score (nSPS) is 14.0. The van der Waals surface area contributed by atoms with Gasteiger partial charge in [-0.1, -0.05) is 30.3 Å². The monoisotopic (exact) mass is 403 g/mol. The van der Waals surface area contributed by atoms with Gasteiger partial charge in [0.1, 0.15) is 5.54 Å². The maximum absolute atomic E-state index is 11.9. The molecule has 0 spiro atoms. The van der Waals surface area contributed by atoms with Crippen LogP contribution in [0.1, 0.15) is 24.0 Å². The van der Waals surface area contributed by atoms with Crippen LogP contribution in [0.15, 0.2) is 42.5 Å². The number of carbonyl (C=O) groups is 1. The number of aliphatic hydroxyl groups excluding tert-OH is 1. The number of aliphatic hydroxyl groups is 1. The third-order valence-corrected chi connectivity index (χ3v) is 4.88. The van der Waals surface area contributed by atoms with Gasteiger partial charge in [-0.15, -0.1) is 0 Å². The number of methoxy groups -OCH3 is 3. The second-order valence-corrected chi connectivity index (χ2v) is 7.05. The summed E-state index contributed by atoms with van der Waals surface area (Å²) in [5.74, 6) is 0.0723. The average molecular weight is 403 g/mol. The summed E-state index contributed by atoms with van der Waals surface area (Å²) in [5, 5.41) is 20.2. The lowest BCUT2D eigenvalue weighted by atomic mass is 9.85. The summed E-state index contributed by atoms with van der Waals surface area (Å²) in [6.07, 6.45) is 0.138. The molecule has 0 heterocycles. The predicted molar refractivity (Wildman–Crippen MR) is 110 cm³/mol. The van der Waals surface area contributed by atoms with Crippen LogP contribution in [-0.2, 0) is 17.6 Å². The van der Waals surface area contributed by atoms with E-state index in [0.29, 0.717) is 35.7 Å². The van der Waals surface area contributed by atoms with E-state index in [1.54, 1.807) is 12.1 Å². The number of hydrogen-bond acceptors (Lipinski definition) is 6. The molecule has 0 aliphatic carbocycles. The maximum atomic E-state index is 11.9. The molecule has 0 amide bonds. The third kappa shape index (κ3) is 5.85. The molecule has 0 saturated carbocycles. The zero-order valence-corrected chi connectivity index (χ0v) is 17.1. The molecule has 2 aromatic rings. The quantitative estimate of drug-likeness (QED) is 0.528. The van der Waals surface area contributed by atoms with Crippen molar-refractivity contribution in [2.45, 2.75) is 37.3 Å². The Morgan fingerprint density at radius 2 is 1.62 bits per heavy atom. The molecule has 2 aromatic carbocycles. The Labute approximate surface area is 171 Å². The number of aryl methyl sites for hydroxylation is 1. The van der Waals surface area contributed by atoms with Crippen molar-refractivity contribution >= 4 is 5.97 Å². The first-order chi connectivity index (χ1) is 13.8. The van der Waals surface area contributed by atoms with Crippen molar-refractivity contribution < 1.29 is 29.2 Å². The first-order valence-corrected chi connectivity index (χ1v) is 9.36. The molecule has 0 bridgehead atoms. The topological polar surface area (TPSA) is 111 Å². The fraction of sp³-hybridized carbons (Fsp3) is 0.409. The number of carboxylic acids is 1. The van der Waals surface area contributed by atoms with Crippen LogP contribution >= 0.6 is 0 Å². The highest BCUT2D eigenvalue weighted by Crippen LogP contribution is 2.39. The molecule has 0 aliphatic rings. The Morgan fingerprint density at radius 3 is 2.10 bits per heavy atom. The SMILES string of the molecule is COc1cc(CC(N)(CC(O)CCc2ccccc2)C(=O)O)cc(OC)c1OC. The fourth-order valence-electron chi connectivity index (χ4n) is 3.34. The van der Waals surface area contributed by atoms with Crippen LogP contribution in [0, 0.1) is 0 Å². The van der Waals surface area contributed by atoms with Crippen LogP contribution in [0.5, 0.6) is 17.2 Å². The van der Waals surface area contributed by atoms with Crippen molar-refractivity contribution in [1.82, 2.24) is 0 Å². The summed E-state index contributed by atoms with van der Waals surface area (Å²) in [6, 6.07) is 13.1. The van der Waals surface area contributed by atoms with Gasteiger partial charge in [0.2, 0.25) is 5.75 Å². The molecule has 2 rings (SSSR count). The molecule has 29 heavy (non-hydrogen) atoms. The minimum atomic E-state index is -1.64. The molecule has 0 aromatic heterocycles. The van der Waals surface area contributed by atoms with E-state index in [1.165, 1.54) is 21.3 Å². The fourth-order valence-corrected chi connectivity index (χ4v) is 3.34. The lowest BCUT2D eigenvalue weighted by Gasteiger charge is -2.28. The second kappa shape index (κ2) is 10.1. The zero-order chi connectivity index (χ0) is 21.4. The van der Waals surface area contributed by atoms with Crippen LogP contribution in [0.4, 0.5) is 0 Å². The van der Waals surface area contributed by atoms with Gasteiger partial charge >= 0.3 is 5.97 Å². The van der Waals surface area contributed by atoms with Crippen LogP contribution in [0.2, 0.25) is 0 Å². The van der Waals surface area contributed by atoms with E-state index in [9.17, 15) is 15.0 Å². The van der Waals surface area contributed by atoms with Crippen LogP contribution in [0.25, 0.3) is 0 Å². The predicted octanol–water partition coefficient (Wildman–Crippen LogP) is 2.42. The van der Waals surface area contributed by atoms with Crippen molar-refractivity contribution in [2.75, 3.05) is 21.3 Å². The summed E-state index contributed by atoms with van der Waals surface area (Å²) in [4.78, 5) is 11.9. The van der Waals surface area contributed by atoms with Gasteiger partial charge in [-0.05, 0) is 36.1 Å². The number of benzene rings is 2. The van der Waals surface area contributed by atoms with Gasteiger partial charge in [0, 0.05) is 12.8 Å². The highest BCUT2D eigenvalue weighted by atomic mass is 16.5. The molecule has 4 N–H and O–H groups in total. The summed E-state index contributed by atoms with van der Waals surface area (Å²) in [6.45, 7) is 0. The molecule has 0 radical (unpaired) electrons. The lowest BCUT2D eigenvalue weighted by Crippen LogP contribution is -2.52. The molecule has 2 atom stereocenters. The lowest BCUT2D eigenvalue weighted by molar-refractivity contribution is -0.144. The highest BCUT2D eigenvalue weighted by molar-refractivity contribution is 5.79. The van der Waals surface area contributed by atoms with Crippen molar-refractivity contribution in [1.29, 1.82) is 0 Å². The maximum Gasteiger partial charge on any atom is 0.324 e. The zero-order valence-electron chi connectivity index (χ0n) is 17.1. The molecular weight excluding hydrogens is 374 g/mol. The Morgan fingerprint density at radius 1 is 1.03 bits per heavy atom. The Kier molecular flexibility index (Phi) is 7.87. The Balaban J connectivity index is 2.16. The van der Waals surface area contributed by atoms with Gasteiger partial charge < -0.3 is 30.2 Å². The largest absolute Gasteiger partial charge is 0.493 e. The minimum absolute atomic E-state index is 0.00143. The number of nitrogens with two attached hydrogens (primary N) is 1. The van der Waals surface area contributed by atoms with Crippen molar-refractivity contribution in [3.63, 3.8) is 0 Å². The van der Waals surface area contributed by atoms with E-state index in [4.69, 9.17) is 19.9 Å². The number of aliphatic carboxylic acids is 1. The first-order valence-electron chi connectivity index (χ1n) is 9.36. The Bertz CT molecular complexity index is 785. The Hall–Kier alpha value is -2.77. The molecule has 0 saturated heterocycles. The van der Waals surface area contributed by atoms with Gasteiger partial charge in [0.25, 0.3) is 0 Å². The summed E-state index contributed by atoms with van der Waals surface area (Å²) < 4.78 is 15.9. The van der Waals surface area contributed by atoms with Crippen molar-refractivity contribution in [3.8, 4) is 17.2 Å². The molecule has 7 heteroatoms. The van der Waals surface area contributed by atoms with Crippen LogP contribution < -0.4 is 19.9 Å². The second-order valence-electron chi connectivity index (χ2n) is 7.05. The van der Waals surface area contributed by atoms with E-state index < -0.39 is 17.6 Å². The van der Waals surface area contributed by atoms with Gasteiger partial charge in [-0.3, -0.25) is 4.79 Å². The first kappa shape index (κ1) is 22.5. The molecule has 0 fully saturated rings. The smallest absolute Gasteiger partial charge is 0.324 e. The van der Waals surface area contributed by atoms with E-state index in [-0.39, 0.29) is 12.8 Å². The third-order valence-electron chi connectivity index (χ3n) is 4.88. The van der Waals surface area contributed by atoms with E-state index >= 15 is 0 Å². The number of rotatable bonds is 11. The van der Waals surface area contributed by atoms with Crippen LogP contribution in [0.3, 0.4) is 0 Å².